The van der Waals surface area contributed by atoms with E-state index in [1.807, 2.05) is 26.1 Å². The van der Waals surface area contributed by atoms with Gasteiger partial charge in [0.05, 0.1) is 11.1 Å². The molecule has 0 aromatic heterocycles. The molecule has 0 radical (unpaired) electrons. The van der Waals surface area contributed by atoms with Crippen molar-refractivity contribution in [3.05, 3.63) is 59.4 Å². The minimum atomic E-state index is -0.217. The van der Waals surface area contributed by atoms with Crippen LogP contribution in [0.2, 0.25) is 0 Å². The Morgan fingerprint density at radius 2 is 1.81 bits per heavy atom. The van der Waals surface area contributed by atoms with E-state index in [1.54, 1.807) is 30.5 Å². The standard InChI is InChI=1S/C16H19N3O2/c1-3-12(17-2)8-9-18-10-11-19-15(20)13-6-4-5-7-14(13)16(19)21/h3-9,17-18H,10-11H2,1-2H3/b9-8-,12-3+. The van der Waals surface area contributed by atoms with E-state index in [2.05, 4.69) is 10.6 Å². The summed E-state index contributed by atoms with van der Waals surface area (Å²) in [6.45, 7) is 2.80. The van der Waals surface area contributed by atoms with Crippen molar-refractivity contribution < 1.29 is 9.59 Å². The van der Waals surface area contributed by atoms with Gasteiger partial charge in [0.1, 0.15) is 0 Å². The van der Waals surface area contributed by atoms with Crippen molar-refractivity contribution in [3.63, 3.8) is 0 Å². The number of carbonyl (C=O) groups excluding carboxylic acids is 2. The largest absolute Gasteiger partial charge is 0.389 e. The number of hydrogen-bond acceptors (Lipinski definition) is 4. The maximum Gasteiger partial charge on any atom is 0.261 e. The molecule has 5 heteroatoms. The molecule has 1 aromatic carbocycles. The zero-order valence-electron chi connectivity index (χ0n) is 12.2. The van der Waals surface area contributed by atoms with E-state index in [9.17, 15) is 9.59 Å². The van der Waals surface area contributed by atoms with Gasteiger partial charge in [0.2, 0.25) is 0 Å². The van der Waals surface area contributed by atoms with Gasteiger partial charge in [0.15, 0.2) is 0 Å². The molecule has 0 fully saturated rings. The van der Waals surface area contributed by atoms with Crippen LogP contribution in [0.1, 0.15) is 27.6 Å². The molecule has 0 saturated heterocycles. The fourth-order valence-electron chi connectivity index (χ4n) is 2.17. The lowest BCUT2D eigenvalue weighted by Gasteiger charge is -2.13. The van der Waals surface area contributed by atoms with Gasteiger partial charge in [-0.25, -0.2) is 0 Å². The Hall–Kier alpha value is -2.56. The molecule has 2 N–H and O–H groups in total. The molecule has 2 amide bonds. The fraction of sp³-hybridized carbons (Fsp3) is 0.250. The Morgan fingerprint density at radius 3 is 2.33 bits per heavy atom. The average Bonchev–Trinajstić information content (AvgIpc) is 2.76. The van der Waals surface area contributed by atoms with E-state index < -0.39 is 0 Å². The number of carbonyl (C=O) groups is 2. The maximum absolute atomic E-state index is 12.1. The first-order valence-electron chi connectivity index (χ1n) is 6.88. The Kier molecular flexibility index (Phi) is 4.77. The smallest absolute Gasteiger partial charge is 0.261 e. The van der Waals surface area contributed by atoms with Gasteiger partial charge in [-0.05, 0) is 31.3 Å². The summed E-state index contributed by atoms with van der Waals surface area (Å²) in [5.74, 6) is -0.434. The second-order valence-electron chi connectivity index (χ2n) is 4.59. The number of fused-ring (bicyclic) bond motifs is 1. The lowest BCUT2D eigenvalue weighted by atomic mass is 10.1. The van der Waals surface area contributed by atoms with Crippen molar-refractivity contribution in [1.29, 1.82) is 0 Å². The highest BCUT2D eigenvalue weighted by molar-refractivity contribution is 6.21. The van der Waals surface area contributed by atoms with Gasteiger partial charge in [-0.1, -0.05) is 18.2 Å². The summed E-state index contributed by atoms with van der Waals surface area (Å²) in [6, 6.07) is 6.91. The highest BCUT2D eigenvalue weighted by Crippen LogP contribution is 2.21. The van der Waals surface area contributed by atoms with Crippen LogP contribution in [0.25, 0.3) is 0 Å². The van der Waals surface area contributed by atoms with Gasteiger partial charge >= 0.3 is 0 Å². The minimum Gasteiger partial charge on any atom is -0.389 e. The molecule has 5 nitrogen and oxygen atoms in total. The third-order valence-electron chi connectivity index (χ3n) is 3.34. The van der Waals surface area contributed by atoms with E-state index in [4.69, 9.17) is 0 Å². The molecule has 0 atom stereocenters. The zero-order valence-corrected chi connectivity index (χ0v) is 12.2. The van der Waals surface area contributed by atoms with Crippen molar-refractivity contribution in [1.82, 2.24) is 15.5 Å². The summed E-state index contributed by atoms with van der Waals surface area (Å²) in [5.41, 5.74) is 1.97. The van der Waals surface area contributed by atoms with Crippen LogP contribution in [0.15, 0.2) is 48.3 Å². The van der Waals surface area contributed by atoms with Gasteiger partial charge in [-0.2, -0.15) is 0 Å². The number of imide groups is 1. The van der Waals surface area contributed by atoms with Crippen LogP contribution in [0.3, 0.4) is 0 Å². The van der Waals surface area contributed by atoms with E-state index in [0.29, 0.717) is 24.2 Å². The lowest BCUT2D eigenvalue weighted by molar-refractivity contribution is 0.0657. The molecule has 1 aliphatic heterocycles. The Bertz CT molecular complexity index is 570. The summed E-state index contributed by atoms with van der Waals surface area (Å²) < 4.78 is 0. The second-order valence-corrected chi connectivity index (χ2v) is 4.59. The highest BCUT2D eigenvalue weighted by atomic mass is 16.2. The average molecular weight is 285 g/mol. The zero-order chi connectivity index (χ0) is 15.2. The number of hydrogen-bond donors (Lipinski definition) is 2. The maximum atomic E-state index is 12.1. The predicted molar refractivity (Wildman–Crippen MR) is 81.8 cm³/mol. The second kappa shape index (κ2) is 6.74. The van der Waals surface area contributed by atoms with Crippen LogP contribution in [0.4, 0.5) is 0 Å². The molecule has 1 aliphatic rings. The first kappa shape index (κ1) is 14.8. The lowest BCUT2D eigenvalue weighted by Crippen LogP contribution is -2.35. The third-order valence-corrected chi connectivity index (χ3v) is 3.34. The Balaban J connectivity index is 1.89. The number of allylic oxidation sites excluding steroid dienone is 2. The van der Waals surface area contributed by atoms with Crippen LogP contribution >= 0.6 is 0 Å². The highest BCUT2D eigenvalue weighted by Gasteiger charge is 2.34. The predicted octanol–water partition coefficient (Wildman–Crippen LogP) is 1.51. The molecule has 110 valence electrons. The summed E-state index contributed by atoms with van der Waals surface area (Å²) in [7, 11) is 1.85. The van der Waals surface area contributed by atoms with Crippen molar-refractivity contribution in [3.8, 4) is 0 Å². The quantitative estimate of drug-likeness (QED) is 0.472. The van der Waals surface area contributed by atoms with Crippen LogP contribution in [-0.4, -0.2) is 36.9 Å². The first-order valence-corrected chi connectivity index (χ1v) is 6.88. The molecule has 2 rings (SSSR count). The summed E-state index contributed by atoms with van der Waals surface area (Å²) in [4.78, 5) is 25.5. The number of nitrogens with zero attached hydrogens (tertiary/aromatic N) is 1. The van der Waals surface area contributed by atoms with Gasteiger partial charge < -0.3 is 10.6 Å². The molecule has 0 unspecified atom stereocenters. The molecule has 0 aliphatic carbocycles. The summed E-state index contributed by atoms with van der Waals surface area (Å²) >= 11 is 0. The molecule has 0 bridgehead atoms. The number of amides is 2. The minimum absolute atomic E-state index is 0.217. The number of rotatable bonds is 6. The molecular formula is C16H19N3O2. The number of likely N-dealkylation sites (N-methyl/N-ethyl adjacent to an activating group) is 1. The molecule has 0 saturated carbocycles. The van der Waals surface area contributed by atoms with E-state index in [1.165, 1.54) is 4.90 Å². The Morgan fingerprint density at radius 1 is 1.19 bits per heavy atom. The van der Waals surface area contributed by atoms with Crippen molar-refractivity contribution >= 4 is 11.8 Å². The van der Waals surface area contributed by atoms with Gasteiger partial charge in [0, 0.05) is 25.8 Å². The first-order chi connectivity index (χ1) is 10.2. The topological polar surface area (TPSA) is 61.4 Å². The summed E-state index contributed by atoms with van der Waals surface area (Å²) in [6.07, 6.45) is 5.63. The van der Waals surface area contributed by atoms with Crippen molar-refractivity contribution in [2.24, 2.45) is 0 Å². The molecular weight excluding hydrogens is 266 g/mol. The van der Waals surface area contributed by atoms with Crippen LogP contribution in [0.5, 0.6) is 0 Å². The molecule has 21 heavy (non-hydrogen) atoms. The molecule has 1 aromatic rings. The van der Waals surface area contributed by atoms with E-state index >= 15 is 0 Å². The fourth-order valence-corrected chi connectivity index (χ4v) is 2.17. The van der Waals surface area contributed by atoms with Gasteiger partial charge in [-0.15, -0.1) is 0 Å². The number of benzene rings is 1. The van der Waals surface area contributed by atoms with Crippen molar-refractivity contribution in [2.75, 3.05) is 20.1 Å². The van der Waals surface area contributed by atoms with E-state index in [0.717, 1.165) is 5.70 Å². The monoisotopic (exact) mass is 285 g/mol. The SMILES string of the molecule is C/C=C(\C=C/NCCN1C(=O)c2ccccc2C1=O)NC. The van der Waals surface area contributed by atoms with Crippen LogP contribution in [-0.2, 0) is 0 Å². The van der Waals surface area contributed by atoms with Crippen LogP contribution < -0.4 is 10.6 Å². The Labute approximate surface area is 124 Å². The van der Waals surface area contributed by atoms with Gasteiger partial charge in [0.25, 0.3) is 11.8 Å². The number of nitrogens with one attached hydrogen (secondary N) is 2. The van der Waals surface area contributed by atoms with Crippen molar-refractivity contribution in [2.45, 2.75) is 6.92 Å². The summed E-state index contributed by atoms with van der Waals surface area (Å²) in [5, 5.41) is 6.10. The third kappa shape index (κ3) is 3.13. The van der Waals surface area contributed by atoms with Crippen LogP contribution in [0, 0.1) is 0 Å². The molecule has 0 spiro atoms. The van der Waals surface area contributed by atoms with E-state index in [-0.39, 0.29) is 11.8 Å². The molecule has 1 heterocycles. The van der Waals surface area contributed by atoms with Gasteiger partial charge in [-0.3, -0.25) is 14.5 Å². The normalized spacial score (nSPS) is 14.8.